The fraction of sp³-hybridized carbons (Fsp3) is 0.714. The van der Waals surface area contributed by atoms with Crippen molar-refractivity contribution >= 4 is 23.0 Å². The van der Waals surface area contributed by atoms with E-state index in [-0.39, 0.29) is 5.54 Å². The Morgan fingerprint density at radius 1 is 1.60 bits per heavy atom. The van der Waals surface area contributed by atoms with Crippen LogP contribution >= 0.6 is 12.2 Å². The molecular weight excluding hydrogens is 144 g/mol. The highest BCUT2D eigenvalue weighted by Gasteiger charge is 2.29. The molecule has 0 aromatic carbocycles. The maximum absolute atomic E-state index is 4.99. The van der Waals surface area contributed by atoms with Gasteiger partial charge in [-0.1, -0.05) is 0 Å². The van der Waals surface area contributed by atoms with Gasteiger partial charge in [-0.15, -0.1) is 0 Å². The summed E-state index contributed by atoms with van der Waals surface area (Å²) in [5, 5.41) is 3.93. The van der Waals surface area contributed by atoms with Crippen LogP contribution in [0.2, 0.25) is 0 Å². The van der Waals surface area contributed by atoms with Crippen molar-refractivity contribution < 1.29 is 4.99 Å². The molecular formula is C7H13N2S+. The van der Waals surface area contributed by atoms with Crippen LogP contribution in [0.5, 0.6) is 0 Å². The summed E-state index contributed by atoms with van der Waals surface area (Å²) in [5.41, 5.74) is 1.38. The predicted octanol–water partition coefficient (Wildman–Crippen LogP) is -0.415. The van der Waals surface area contributed by atoms with E-state index >= 15 is 0 Å². The van der Waals surface area contributed by atoms with Crippen molar-refractivity contribution in [3.63, 3.8) is 0 Å². The maximum atomic E-state index is 4.99. The summed E-state index contributed by atoms with van der Waals surface area (Å²) in [7, 11) is 0. The molecule has 0 aromatic rings. The summed E-state index contributed by atoms with van der Waals surface area (Å²) < 4.78 is 0. The topological polar surface area (TPSA) is 26.0 Å². The second kappa shape index (κ2) is 2.31. The molecule has 0 radical (unpaired) electrons. The third kappa shape index (κ3) is 1.77. The zero-order valence-electron chi connectivity index (χ0n) is 6.62. The largest absolute Gasteiger partial charge is 0.342 e. The molecule has 3 heteroatoms. The summed E-state index contributed by atoms with van der Waals surface area (Å²) in [6.07, 6.45) is 1.03. The Balaban J connectivity index is 2.80. The van der Waals surface area contributed by atoms with Gasteiger partial charge in [-0.05, 0) is 20.8 Å². The van der Waals surface area contributed by atoms with Crippen molar-refractivity contribution in [3.05, 3.63) is 0 Å². The van der Waals surface area contributed by atoms with E-state index in [2.05, 4.69) is 31.1 Å². The van der Waals surface area contributed by atoms with Crippen LogP contribution in [0, 0.1) is 0 Å². The molecule has 10 heavy (non-hydrogen) atoms. The SMILES string of the molecule is CC1=[NH+]C(=S)NC(C)(C)C1. The lowest BCUT2D eigenvalue weighted by atomic mass is 9.97. The van der Waals surface area contributed by atoms with Gasteiger partial charge in [-0.25, -0.2) is 4.99 Å². The van der Waals surface area contributed by atoms with Crippen LogP contribution in [0.1, 0.15) is 27.2 Å². The molecule has 0 aliphatic carbocycles. The minimum atomic E-state index is 0.131. The molecule has 0 bridgehead atoms. The quantitative estimate of drug-likeness (QED) is 0.467. The van der Waals surface area contributed by atoms with Gasteiger partial charge in [0.05, 0.1) is 5.71 Å². The van der Waals surface area contributed by atoms with E-state index in [9.17, 15) is 0 Å². The van der Waals surface area contributed by atoms with Gasteiger partial charge in [-0.3, -0.25) is 5.32 Å². The lowest BCUT2D eigenvalue weighted by Crippen LogP contribution is -2.85. The molecule has 0 fully saturated rings. The molecule has 0 saturated carbocycles. The van der Waals surface area contributed by atoms with Crippen LogP contribution in [-0.2, 0) is 0 Å². The number of nitrogens with one attached hydrogen (secondary N) is 2. The van der Waals surface area contributed by atoms with E-state index in [1.165, 1.54) is 5.71 Å². The van der Waals surface area contributed by atoms with Gasteiger partial charge < -0.3 is 0 Å². The number of hydrogen-bond acceptors (Lipinski definition) is 1. The fourth-order valence-electron chi connectivity index (χ4n) is 1.28. The Bertz CT molecular complexity index is 194. The first-order valence-electron chi connectivity index (χ1n) is 3.41. The average molecular weight is 157 g/mol. The highest BCUT2D eigenvalue weighted by molar-refractivity contribution is 7.79. The van der Waals surface area contributed by atoms with Crippen LogP contribution in [0.3, 0.4) is 0 Å². The van der Waals surface area contributed by atoms with E-state index in [4.69, 9.17) is 12.2 Å². The summed E-state index contributed by atoms with van der Waals surface area (Å²) in [6.45, 7) is 6.35. The van der Waals surface area contributed by atoms with Crippen molar-refractivity contribution in [1.82, 2.24) is 5.32 Å². The first-order valence-corrected chi connectivity index (χ1v) is 3.82. The van der Waals surface area contributed by atoms with Crippen LogP contribution in [-0.4, -0.2) is 16.4 Å². The lowest BCUT2D eigenvalue weighted by Gasteiger charge is -2.23. The van der Waals surface area contributed by atoms with E-state index in [1.54, 1.807) is 0 Å². The second-order valence-corrected chi connectivity index (χ2v) is 3.83. The van der Waals surface area contributed by atoms with Crippen molar-refractivity contribution in [3.8, 4) is 0 Å². The fourth-order valence-corrected chi connectivity index (χ4v) is 1.73. The van der Waals surface area contributed by atoms with Crippen LogP contribution < -0.4 is 10.3 Å². The standard InChI is InChI=1S/C7H12N2S/c1-5-4-7(2,3)9-6(10)8-5/h4H2,1-3H3,(H,9,10)/p+1. The Labute approximate surface area is 66.7 Å². The highest BCUT2D eigenvalue weighted by Crippen LogP contribution is 2.08. The molecule has 0 spiro atoms. The molecule has 1 heterocycles. The van der Waals surface area contributed by atoms with Crippen molar-refractivity contribution in [2.45, 2.75) is 32.7 Å². The summed E-state index contributed by atoms with van der Waals surface area (Å²) in [5.74, 6) is 0. The summed E-state index contributed by atoms with van der Waals surface area (Å²) >= 11 is 4.99. The maximum Gasteiger partial charge on any atom is 0.342 e. The molecule has 2 N–H and O–H groups in total. The Morgan fingerprint density at radius 2 is 2.20 bits per heavy atom. The molecule has 1 aliphatic rings. The average Bonchev–Trinajstić information content (AvgIpc) is 1.54. The normalized spacial score (nSPS) is 23.5. The first-order chi connectivity index (χ1) is 4.49. The molecule has 1 aliphatic heterocycles. The molecule has 1 rings (SSSR count). The molecule has 0 aromatic heterocycles. The summed E-state index contributed by atoms with van der Waals surface area (Å²) in [6, 6.07) is 0. The van der Waals surface area contributed by atoms with E-state index < -0.39 is 0 Å². The number of thiocarbonyl (C=S) groups is 1. The van der Waals surface area contributed by atoms with Gasteiger partial charge in [0.15, 0.2) is 0 Å². The van der Waals surface area contributed by atoms with Crippen molar-refractivity contribution in [1.29, 1.82) is 0 Å². The van der Waals surface area contributed by atoms with Gasteiger partial charge in [0, 0.05) is 18.6 Å². The van der Waals surface area contributed by atoms with Crippen LogP contribution in [0.15, 0.2) is 0 Å². The molecule has 0 saturated heterocycles. The van der Waals surface area contributed by atoms with Crippen molar-refractivity contribution in [2.24, 2.45) is 0 Å². The van der Waals surface area contributed by atoms with E-state index in [0.29, 0.717) is 0 Å². The molecule has 2 nitrogen and oxygen atoms in total. The molecule has 0 unspecified atom stereocenters. The lowest BCUT2D eigenvalue weighted by molar-refractivity contribution is -0.325. The second-order valence-electron chi connectivity index (χ2n) is 3.42. The first kappa shape index (κ1) is 7.66. The zero-order chi connectivity index (χ0) is 7.78. The third-order valence-corrected chi connectivity index (χ3v) is 1.69. The number of rotatable bonds is 0. The molecule has 0 amide bonds. The Morgan fingerprint density at radius 3 is 2.60 bits per heavy atom. The monoisotopic (exact) mass is 157 g/mol. The predicted molar refractivity (Wildman–Crippen MR) is 46.1 cm³/mol. The van der Waals surface area contributed by atoms with E-state index in [1.807, 2.05) is 0 Å². The Kier molecular flexibility index (Phi) is 1.77. The van der Waals surface area contributed by atoms with E-state index in [0.717, 1.165) is 11.5 Å². The van der Waals surface area contributed by atoms with Gasteiger partial charge in [0.2, 0.25) is 0 Å². The van der Waals surface area contributed by atoms with Crippen molar-refractivity contribution in [2.75, 3.05) is 0 Å². The van der Waals surface area contributed by atoms with Gasteiger partial charge in [0.1, 0.15) is 5.54 Å². The number of hydrogen-bond donors (Lipinski definition) is 2. The third-order valence-electron chi connectivity index (χ3n) is 1.49. The zero-order valence-corrected chi connectivity index (χ0v) is 7.43. The van der Waals surface area contributed by atoms with Crippen LogP contribution in [0.25, 0.3) is 0 Å². The summed E-state index contributed by atoms with van der Waals surface area (Å²) in [4.78, 5) is 3.07. The minimum Gasteiger partial charge on any atom is -0.259 e. The van der Waals surface area contributed by atoms with Crippen LogP contribution in [0.4, 0.5) is 0 Å². The van der Waals surface area contributed by atoms with Gasteiger partial charge in [0.25, 0.3) is 0 Å². The van der Waals surface area contributed by atoms with Gasteiger partial charge in [-0.2, -0.15) is 0 Å². The van der Waals surface area contributed by atoms with Gasteiger partial charge >= 0.3 is 5.11 Å². The minimum absolute atomic E-state index is 0.131. The Hall–Kier alpha value is -0.440. The molecule has 56 valence electrons. The highest BCUT2D eigenvalue weighted by atomic mass is 32.1. The smallest absolute Gasteiger partial charge is 0.259 e. The molecule has 0 atom stereocenters.